The van der Waals surface area contributed by atoms with E-state index < -0.39 is 5.60 Å². The van der Waals surface area contributed by atoms with Gasteiger partial charge in [-0.05, 0) is 99.5 Å². The minimum atomic E-state index is -0.519. The number of amides is 1. The van der Waals surface area contributed by atoms with Crippen molar-refractivity contribution in [3.8, 4) is 16.9 Å². The summed E-state index contributed by atoms with van der Waals surface area (Å²) in [5, 5.41) is 0. The Balaban J connectivity index is 1.59. The molecule has 1 aromatic heterocycles. The Bertz CT molecular complexity index is 1290. The van der Waals surface area contributed by atoms with Gasteiger partial charge in [-0.15, -0.1) is 0 Å². The van der Waals surface area contributed by atoms with Crippen molar-refractivity contribution in [2.24, 2.45) is 0 Å². The first kappa shape index (κ1) is 26.4. The number of hydrogen-bond acceptors (Lipinski definition) is 5. The molecule has 1 amide bonds. The van der Waals surface area contributed by atoms with Crippen LogP contribution in [0.2, 0.25) is 0 Å². The zero-order chi connectivity index (χ0) is 26.6. The molecule has 0 atom stereocenters. The van der Waals surface area contributed by atoms with Crippen molar-refractivity contribution in [2.75, 3.05) is 13.1 Å². The molecular weight excluding hydrogens is 464 g/mol. The predicted octanol–water partition coefficient (Wildman–Crippen LogP) is 6.43. The summed E-state index contributed by atoms with van der Waals surface area (Å²) in [5.41, 5.74) is 6.47. The average molecular weight is 501 g/mol. The maximum Gasteiger partial charge on any atom is 0.410 e. The molecule has 4 rings (SSSR count). The fraction of sp³-hybridized carbons (Fsp3) is 0.387. The molecule has 6 heteroatoms. The van der Waals surface area contributed by atoms with E-state index in [4.69, 9.17) is 9.47 Å². The first-order valence-corrected chi connectivity index (χ1v) is 12.9. The van der Waals surface area contributed by atoms with Crippen molar-refractivity contribution in [1.82, 2.24) is 9.88 Å². The lowest BCUT2D eigenvalue weighted by atomic mass is 9.94. The molecule has 37 heavy (non-hydrogen) atoms. The van der Waals surface area contributed by atoms with Crippen LogP contribution in [0, 0.1) is 0 Å². The normalized spacial score (nSPS) is 13.5. The molecule has 3 aromatic rings. The van der Waals surface area contributed by atoms with E-state index in [9.17, 15) is 9.59 Å². The van der Waals surface area contributed by atoms with Crippen molar-refractivity contribution in [3.63, 3.8) is 0 Å². The number of hydrogen-bond donors (Lipinski definition) is 0. The number of nitrogens with zero attached hydrogens (tertiary/aromatic N) is 2. The minimum absolute atomic E-state index is 0.00729. The van der Waals surface area contributed by atoms with Crippen molar-refractivity contribution >= 4 is 11.9 Å². The molecule has 0 saturated heterocycles. The number of benzene rings is 2. The zero-order valence-electron chi connectivity index (χ0n) is 22.5. The SMILES string of the molecule is CCc1ccnc(COc2ccc(C(C)=O)cc2-c2ccc3c(c2)CCN(C(=O)OC(C)(C)C)CC3)c1. The van der Waals surface area contributed by atoms with E-state index >= 15 is 0 Å². The smallest absolute Gasteiger partial charge is 0.410 e. The highest BCUT2D eigenvalue weighted by atomic mass is 16.6. The van der Waals surface area contributed by atoms with Crippen molar-refractivity contribution in [1.29, 1.82) is 0 Å². The second-order valence-electron chi connectivity index (χ2n) is 10.5. The van der Waals surface area contributed by atoms with Gasteiger partial charge in [0.1, 0.15) is 18.0 Å². The number of Topliss-reactive ketones (excluding diaryl/α,β-unsaturated/α-hetero) is 1. The molecule has 0 radical (unpaired) electrons. The van der Waals surface area contributed by atoms with E-state index in [1.54, 1.807) is 17.9 Å². The standard InChI is InChI=1S/C31H36N2O4/c1-6-22-11-14-32-27(17-22)20-36-29-10-9-24(21(2)34)19-28(29)26-8-7-23-12-15-33(16-13-25(23)18-26)30(35)37-31(3,4)5/h7-11,14,17-19H,6,12-13,15-16,20H2,1-5H3. The molecule has 0 saturated carbocycles. The van der Waals surface area contributed by atoms with Crippen LogP contribution >= 0.6 is 0 Å². The lowest BCUT2D eigenvalue weighted by molar-refractivity contribution is 0.0258. The summed E-state index contributed by atoms with van der Waals surface area (Å²) >= 11 is 0. The molecule has 0 bridgehead atoms. The summed E-state index contributed by atoms with van der Waals surface area (Å²) in [4.78, 5) is 31.0. The van der Waals surface area contributed by atoms with Crippen LogP contribution in [-0.2, 0) is 30.6 Å². The van der Waals surface area contributed by atoms with Gasteiger partial charge in [0.25, 0.3) is 0 Å². The second kappa shape index (κ2) is 11.2. The van der Waals surface area contributed by atoms with E-state index in [0.29, 0.717) is 31.0 Å². The molecule has 0 unspecified atom stereocenters. The number of carbonyl (C=O) groups excluding carboxylic acids is 2. The number of fused-ring (bicyclic) bond motifs is 1. The third-order valence-corrected chi connectivity index (χ3v) is 6.52. The Morgan fingerprint density at radius 3 is 2.43 bits per heavy atom. The van der Waals surface area contributed by atoms with Crippen LogP contribution in [0.4, 0.5) is 4.79 Å². The van der Waals surface area contributed by atoms with Crippen LogP contribution in [0.3, 0.4) is 0 Å². The molecular formula is C31H36N2O4. The van der Waals surface area contributed by atoms with E-state index in [-0.39, 0.29) is 11.9 Å². The van der Waals surface area contributed by atoms with Crippen LogP contribution in [0.15, 0.2) is 54.7 Å². The summed E-state index contributed by atoms with van der Waals surface area (Å²) in [6.45, 7) is 10.9. The number of ketones is 1. The number of pyridine rings is 1. The highest BCUT2D eigenvalue weighted by Crippen LogP contribution is 2.34. The molecule has 2 aromatic carbocycles. The van der Waals surface area contributed by atoms with Crippen LogP contribution in [0.25, 0.3) is 11.1 Å². The fourth-order valence-electron chi connectivity index (χ4n) is 4.48. The molecule has 0 spiro atoms. The Morgan fingerprint density at radius 1 is 0.973 bits per heavy atom. The van der Waals surface area contributed by atoms with E-state index in [0.717, 1.165) is 36.1 Å². The highest BCUT2D eigenvalue weighted by Gasteiger charge is 2.24. The monoisotopic (exact) mass is 500 g/mol. The maximum atomic E-state index is 12.6. The molecule has 194 valence electrons. The van der Waals surface area contributed by atoms with Gasteiger partial charge in [0.15, 0.2) is 5.78 Å². The van der Waals surface area contributed by atoms with E-state index in [2.05, 4.69) is 36.2 Å². The number of rotatable bonds is 6. The van der Waals surface area contributed by atoms with Gasteiger partial charge in [0, 0.05) is 30.4 Å². The van der Waals surface area contributed by atoms with Gasteiger partial charge < -0.3 is 14.4 Å². The first-order valence-electron chi connectivity index (χ1n) is 12.9. The Hall–Kier alpha value is -3.67. The van der Waals surface area contributed by atoms with Crippen LogP contribution in [0.5, 0.6) is 5.75 Å². The van der Waals surface area contributed by atoms with Gasteiger partial charge in [-0.25, -0.2) is 4.79 Å². The Kier molecular flexibility index (Phi) is 7.96. The number of aromatic nitrogens is 1. The third-order valence-electron chi connectivity index (χ3n) is 6.52. The molecule has 0 N–H and O–H groups in total. The van der Waals surface area contributed by atoms with Gasteiger partial charge in [-0.1, -0.05) is 25.1 Å². The molecule has 0 fully saturated rings. The summed E-state index contributed by atoms with van der Waals surface area (Å²) in [7, 11) is 0. The molecule has 1 aliphatic rings. The van der Waals surface area contributed by atoms with Crippen LogP contribution in [-0.4, -0.2) is 40.5 Å². The predicted molar refractivity (Wildman–Crippen MR) is 145 cm³/mol. The second-order valence-corrected chi connectivity index (χ2v) is 10.5. The number of aryl methyl sites for hydroxylation is 1. The van der Waals surface area contributed by atoms with E-state index in [1.165, 1.54) is 16.7 Å². The van der Waals surface area contributed by atoms with Crippen molar-refractivity contribution < 1.29 is 19.1 Å². The topological polar surface area (TPSA) is 68.7 Å². The summed E-state index contributed by atoms with van der Waals surface area (Å²) in [5.74, 6) is 0.713. The average Bonchev–Trinajstić information content (AvgIpc) is 3.09. The van der Waals surface area contributed by atoms with Crippen LogP contribution in [0.1, 0.15) is 67.4 Å². The largest absolute Gasteiger partial charge is 0.487 e. The fourth-order valence-corrected chi connectivity index (χ4v) is 4.48. The zero-order valence-corrected chi connectivity index (χ0v) is 22.5. The number of ether oxygens (including phenoxy) is 2. The summed E-state index contributed by atoms with van der Waals surface area (Å²) in [6.07, 6.45) is 3.98. The molecule has 0 aliphatic carbocycles. The molecule has 6 nitrogen and oxygen atoms in total. The minimum Gasteiger partial charge on any atom is -0.487 e. The maximum absolute atomic E-state index is 12.6. The summed E-state index contributed by atoms with van der Waals surface area (Å²) < 4.78 is 11.8. The molecule has 1 aliphatic heterocycles. The summed E-state index contributed by atoms with van der Waals surface area (Å²) in [6, 6.07) is 16.0. The van der Waals surface area contributed by atoms with Gasteiger partial charge >= 0.3 is 6.09 Å². The lowest BCUT2D eigenvalue weighted by Crippen LogP contribution is -2.38. The Morgan fingerprint density at radius 2 is 1.73 bits per heavy atom. The first-order chi connectivity index (χ1) is 17.6. The third kappa shape index (κ3) is 6.76. The van der Waals surface area contributed by atoms with Crippen LogP contribution < -0.4 is 4.74 Å². The van der Waals surface area contributed by atoms with Crippen molar-refractivity contribution in [2.45, 2.75) is 66.1 Å². The highest BCUT2D eigenvalue weighted by molar-refractivity contribution is 5.96. The lowest BCUT2D eigenvalue weighted by Gasteiger charge is -2.26. The van der Waals surface area contributed by atoms with Gasteiger partial charge in [-0.2, -0.15) is 0 Å². The van der Waals surface area contributed by atoms with Gasteiger partial charge in [0.05, 0.1) is 5.69 Å². The van der Waals surface area contributed by atoms with Gasteiger partial charge in [-0.3, -0.25) is 9.78 Å². The van der Waals surface area contributed by atoms with E-state index in [1.807, 2.05) is 45.2 Å². The quantitative estimate of drug-likeness (QED) is 0.365. The number of carbonyl (C=O) groups is 2. The Labute approximate surface area is 219 Å². The van der Waals surface area contributed by atoms with Gasteiger partial charge in [0.2, 0.25) is 0 Å². The van der Waals surface area contributed by atoms with Crippen molar-refractivity contribution in [3.05, 3.63) is 82.7 Å². The molecule has 2 heterocycles.